The molecule has 1 heterocycles. The van der Waals surface area contributed by atoms with Gasteiger partial charge in [0.1, 0.15) is 6.33 Å². The Labute approximate surface area is 135 Å². The third kappa shape index (κ3) is 3.35. The molecule has 0 amide bonds. The first-order valence-electron chi connectivity index (χ1n) is 6.54. The fraction of sp³-hybridized carbons (Fsp3) is 0. The molecular weight excluding hydrogens is 344 g/mol. The van der Waals surface area contributed by atoms with Gasteiger partial charge in [0.05, 0.1) is 5.69 Å². The Morgan fingerprint density at radius 1 is 1.05 bits per heavy atom. The fourth-order valence-electron chi connectivity index (χ4n) is 1.90. The summed E-state index contributed by atoms with van der Waals surface area (Å²) in [7, 11) is 0. The number of benzene rings is 2. The number of rotatable bonds is 4. The molecule has 0 saturated carbocycles. The first-order chi connectivity index (χ1) is 10.7. The first kappa shape index (κ1) is 14.3. The highest BCUT2D eigenvalue weighted by molar-refractivity contribution is 9.10. The Kier molecular flexibility index (Phi) is 4.20. The van der Waals surface area contributed by atoms with E-state index in [1.165, 1.54) is 11.0 Å². The largest absolute Gasteiger partial charge is 0.289 e. The van der Waals surface area contributed by atoms with E-state index in [9.17, 15) is 4.79 Å². The Bertz CT molecular complexity index is 793. The average Bonchev–Trinajstić information content (AvgIpc) is 3.09. The van der Waals surface area contributed by atoms with E-state index in [-0.39, 0.29) is 5.78 Å². The minimum absolute atomic E-state index is 0.0498. The summed E-state index contributed by atoms with van der Waals surface area (Å²) < 4.78 is 2.54. The zero-order chi connectivity index (χ0) is 15.4. The van der Waals surface area contributed by atoms with E-state index in [0.29, 0.717) is 5.56 Å². The van der Waals surface area contributed by atoms with Crippen molar-refractivity contribution in [2.75, 3.05) is 0 Å². The van der Waals surface area contributed by atoms with E-state index >= 15 is 0 Å². The van der Waals surface area contributed by atoms with Crippen molar-refractivity contribution in [3.63, 3.8) is 0 Å². The number of carbonyl (C=O) groups excluding carboxylic acids is 1. The second-order valence-electron chi connectivity index (χ2n) is 4.55. The van der Waals surface area contributed by atoms with Crippen LogP contribution in [-0.4, -0.2) is 26.0 Å². The van der Waals surface area contributed by atoms with Gasteiger partial charge in [-0.05, 0) is 58.5 Å². The molecule has 5 nitrogen and oxygen atoms in total. The van der Waals surface area contributed by atoms with E-state index in [2.05, 4.69) is 31.5 Å². The molecule has 0 aliphatic carbocycles. The molecule has 1 aromatic heterocycles. The molecule has 0 atom stereocenters. The highest BCUT2D eigenvalue weighted by Gasteiger charge is 2.03. The van der Waals surface area contributed by atoms with Gasteiger partial charge < -0.3 is 0 Å². The molecule has 0 radical (unpaired) electrons. The smallest absolute Gasteiger partial charge is 0.185 e. The van der Waals surface area contributed by atoms with Crippen LogP contribution in [0.15, 0.2) is 65.4 Å². The molecule has 0 N–H and O–H groups in total. The molecule has 6 heteroatoms. The summed E-state index contributed by atoms with van der Waals surface area (Å²) in [6, 6.07) is 14.9. The average molecular weight is 355 g/mol. The molecule has 2 aromatic carbocycles. The zero-order valence-corrected chi connectivity index (χ0v) is 13.0. The molecule has 0 fully saturated rings. The number of tetrazole rings is 1. The van der Waals surface area contributed by atoms with Crippen LogP contribution in [0.3, 0.4) is 0 Å². The zero-order valence-electron chi connectivity index (χ0n) is 11.4. The van der Waals surface area contributed by atoms with Crippen LogP contribution in [0.1, 0.15) is 15.9 Å². The van der Waals surface area contributed by atoms with Gasteiger partial charge in [-0.25, -0.2) is 4.68 Å². The van der Waals surface area contributed by atoms with Gasteiger partial charge in [-0.3, -0.25) is 4.79 Å². The van der Waals surface area contributed by atoms with Gasteiger partial charge in [-0.2, -0.15) is 0 Å². The maximum Gasteiger partial charge on any atom is 0.185 e. The SMILES string of the molecule is O=C(/C=C/c1ccc(Br)cc1)c1ccc(-n2cnnn2)cc1. The molecule has 108 valence electrons. The molecule has 0 unspecified atom stereocenters. The van der Waals surface area contributed by atoms with Crippen LogP contribution in [0.4, 0.5) is 0 Å². The Morgan fingerprint density at radius 3 is 2.41 bits per heavy atom. The van der Waals surface area contributed by atoms with E-state index in [1.807, 2.05) is 24.3 Å². The van der Waals surface area contributed by atoms with Crippen molar-refractivity contribution in [3.8, 4) is 5.69 Å². The number of halogens is 1. The van der Waals surface area contributed by atoms with Crippen LogP contribution in [0.2, 0.25) is 0 Å². The Hall–Kier alpha value is -2.60. The first-order valence-corrected chi connectivity index (χ1v) is 7.33. The predicted octanol–water partition coefficient (Wildman–Crippen LogP) is 3.32. The number of hydrogen-bond acceptors (Lipinski definition) is 4. The highest BCUT2D eigenvalue weighted by atomic mass is 79.9. The van der Waals surface area contributed by atoms with Crippen molar-refractivity contribution in [3.05, 3.63) is 76.5 Å². The lowest BCUT2D eigenvalue weighted by molar-refractivity contribution is 0.104. The van der Waals surface area contributed by atoms with Gasteiger partial charge in [0.2, 0.25) is 0 Å². The van der Waals surface area contributed by atoms with Gasteiger partial charge in [0, 0.05) is 10.0 Å². The Balaban J connectivity index is 1.73. The topological polar surface area (TPSA) is 60.7 Å². The number of ketones is 1. The van der Waals surface area contributed by atoms with Crippen LogP contribution in [0.5, 0.6) is 0 Å². The van der Waals surface area contributed by atoms with Crippen molar-refractivity contribution in [1.82, 2.24) is 20.2 Å². The van der Waals surface area contributed by atoms with Gasteiger partial charge in [-0.15, -0.1) is 5.10 Å². The lowest BCUT2D eigenvalue weighted by Gasteiger charge is -2.00. The lowest BCUT2D eigenvalue weighted by Crippen LogP contribution is -1.98. The van der Waals surface area contributed by atoms with E-state index < -0.39 is 0 Å². The predicted molar refractivity (Wildman–Crippen MR) is 86.7 cm³/mol. The second-order valence-corrected chi connectivity index (χ2v) is 5.47. The molecular formula is C16H11BrN4O. The van der Waals surface area contributed by atoms with Crippen molar-refractivity contribution < 1.29 is 4.79 Å². The monoisotopic (exact) mass is 354 g/mol. The molecule has 0 aliphatic rings. The van der Waals surface area contributed by atoms with Crippen molar-refractivity contribution in [2.24, 2.45) is 0 Å². The van der Waals surface area contributed by atoms with Crippen molar-refractivity contribution in [2.45, 2.75) is 0 Å². The third-order valence-corrected chi connectivity index (χ3v) is 3.59. The molecule has 3 aromatic rings. The van der Waals surface area contributed by atoms with E-state index in [0.717, 1.165) is 15.7 Å². The molecule has 0 spiro atoms. The van der Waals surface area contributed by atoms with Crippen LogP contribution in [0.25, 0.3) is 11.8 Å². The quantitative estimate of drug-likeness (QED) is 0.532. The van der Waals surface area contributed by atoms with Crippen LogP contribution in [0, 0.1) is 0 Å². The minimum Gasteiger partial charge on any atom is -0.289 e. The van der Waals surface area contributed by atoms with Crippen molar-refractivity contribution >= 4 is 27.8 Å². The maximum atomic E-state index is 12.1. The molecule has 0 saturated heterocycles. The summed E-state index contributed by atoms with van der Waals surface area (Å²) in [5.41, 5.74) is 2.39. The summed E-state index contributed by atoms with van der Waals surface area (Å²) >= 11 is 3.38. The molecule has 0 bridgehead atoms. The van der Waals surface area contributed by atoms with Gasteiger partial charge in [0.15, 0.2) is 5.78 Å². The van der Waals surface area contributed by atoms with Crippen LogP contribution >= 0.6 is 15.9 Å². The molecule has 22 heavy (non-hydrogen) atoms. The highest BCUT2D eigenvalue weighted by Crippen LogP contribution is 2.13. The third-order valence-electron chi connectivity index (χ3n) is 3.06. The fourth-order valence-corrected chi connectivity index (χ4v) is 2.16. The van der Waals surface area contributed by atoms with E-state index in [1.54, 1.807) is 36.4 Å². The molecule has 0 aliphatic heterocycles. The summed E-state index contributed by atoms with van der Waals surface area (Å²) in [6.07, 6.45) is 4.86. The number of aromatic nitrogens is 4. The van der Waals surface area contributed by atoms with Crippen LogP contribution < -0.4 is 0 Å². The molecule has 3 rings (SSSR count). The van der Waals surface area contributed by atoms with Gasteiger partial charge in [0.25, 0.3) is 0 Å². The summed E-state index contributed by atoms with van der Waals surface area (Å²) in [5, 5.41) is 10.9. The van der Waals surface area contributed by atoms with Gasteiger partial charge in [-0.1, -0.05) is 34.1 Å². The van der Waals surface area contributed by atoms with Crippen molar-refractivity contribution in [1.29, 1.82) is 0 Å². The van der Waals surface area contributed by atoms with Crippen LogP contribution in [-0.2, 0) is 0 Å². The second kappa shape index (κ2) is 6.44. The summed E-state index contributed by atoms with van der Waals surface area (Å²) in [6.45, 7) is 0. The number of carbonyl (C=O) groups is 1. The number of hydrogen-bond donors (Lipinski definition) is 0. The number of allylic oxidation sites excluding steroid dienone is 1. The standard InChI is InChI=1S/C16H11BrN4O/c17-14-6-1-12(2-7-14)3-10-16(22)13-4-8-15(9-5-13)21-11-18-19-20-21/h1-11H/b10-3+. The van der Waals surface area contributed by atoms with E-state index in [4.69, 9.17) is 0 Å². The maximum absolute atomic E-state index is 12.1. The van der Waals surface area contributed by atoms with Gasteiger partial charge >= 0.3 is 0 Å². The normalized spacial score (nSPS) is 11.0. The summed E-state index contributed by atoms with van der Waals surface area (Å²) in [5.74, 6) is -0.0498. The number of nitrogens with zero attached hydrogens (tertiary/aromatic N) is 4. The summed E-state index contributed by atoms with van der Waals surface area (Å²) in [4.78, 5) is 12.1. The Morgan fingerprint density at radius 2 is 1.77 bits per heavy atom. The minimum atomic E-state index is -0.0498. The lowest BCUT2D eigenvalue weighted by atomic mass is 10.1.